The van der Waals surface area contributed by atoms with Crippen LogP contribution in [-0.4, -0.2) is 39.1 Å². The maximum Gasteiger partial charge on any atom is 0.255 e. The number of nitrogens with zero attached hydrogens (tertiary/aromatic N) is 5. The molecule has 4 aromatic rings. The summed E-state index contributed by atoms with van der Waals surface area (Å²) in [4.78, 5) is 25.6. The fraction of sp³-hybridized carbons (Fsp3) is 0.286. The zero-order valence-electron chi connectivity index (χ0n) is 20.6. The number of benzene rings is 2. The first-order valence-corrected chi connectivity index (χ1v) is 12.3. The number of hydrogen-bond donors (Lipinski definition) is 1. The Bertz CT molecular complexity index is 1350. The van der Waals surface area contributed by atoms with Gasteiger partial charge in [-0.15, -0.1) is 0 Å². The van der Waals surface area contributed by atoms with Gasteiger partial charge in [0.2, 0.25) is 11.8 Å². The van der Waals surface area contributed by atoms with Crippen LogP contribution in [0.4, 0.5) is 5.95 Å². The summed E-state index contributed by atoms with van der Waals surface area (Å²) in [6.45, 7) is 9.76. The first kappa shape index (κ1) is 23.5. The normalized spacial score (nSPS) is 14.0. The molecule has 0 spiro atoms. The van der Waals surface area contributed by atoms with Gasteiger partial charge < -0.3 is 14.5 Å². The summed E-state index contributed by atoms with van der Waals surface area (Å²) in [6, 6.07) is 14.4. The summed E-state index contributed by atoms with van der Waals surface area (Å²) >= 11 is 0. The summed E-state index contributed by atoms with van der Waals surface area (Å²) in [5, 5.41) is 2.32. The Morgan fingerprint density at radius 3 is 2.47 bits per heavy atom. The van der Waals surface area contributed by atoms with Crippen LogP contribution in [0.5, 0.6) is 11.8 Å². The van der Waals surface area contributed by atoms with Crippen molar-refractivity contribution in [2.45, 2.75) is 39.2 Å². The van der Waals surface area contributed by atoms with Gasteiger partial charge >= 0.3 is 0 Å². The zero-order valence-corrected chi connectivity index (χ0v) is 20.6. The number of fused-ring (bicyclic) bond motifs is 1. The zero-order chi connectivity index (χ0) is 24.9. The van der Waals surface area contributed by atoms with Gasteiger partial charge in [-0.3, -0.25) is 0 Å². The lowest BCUT2D eigenvalue weighted by Crippen LogP contribution is -2.39. The first-order chi connectivity index (χ1) is 17.6. The molecule has 1 saturated heterocycles. The molecule has 2 aromatic heterocycles. The van der Waals surface area contributed by atoms with Crippen LogP contribution in [0.2, 0.25) is 0 Å². The number of aromatic nitrogens is 4. The maximum absolute atomic E-state index is 6.24. The SMILES string of the molecule is C=C(NOc1ncnc(OC2CCN(c3ncc(CC)cn3)CC2)c1C)c1ccc2ccccc2c1. The molecule has 184 valence electrons. The van der Waals surface area contributed by atoms with E-state index in [4.69, 9.17) is 9.57 Å². The van der Waals surface area contributed by atoms with Gasteiger partial charge in [-0.05, 0) is 35.7 Å². The van der Waals surface area contributed by atoms with Gasteiger partial charge in [0.15, 0.2) is 0 Å². The predicted molar refractivity (Wildman–Crippen MR) is 141 cm³/mol. The second-order valence-corrected chi connectivity index (χ2v) is 8.90. The van der Waals surface area contributed by atoms with Crippen LogP contribution in [-0.2, 0) is 6.42 Å². The third-order valence-corrected chi connectivity index (χ3v) is 6.46. The molecule has 0 bridgehead atoms. The number of rotatable bonds is 8. The molecule has 1 N–H and O–H groups in total. The van der Waals surface area contributed by atoms with E-state index >= 15 is 0 Å². The Labute approximate surface area is 211 Å². The van der Waals surface area contributed by atoms with Crippen molar-refractivity contribution in [3.05, 3.63) is 84.5 Å². The van der Waals surface area contributed by atoms with Crippen LogP contribution in [0, 0.1) is 6.92 Å². The van der Waals surface area contributed by atoms with Crippen molar-refractivity contribution < 1.29 is 9.57 Å². The molecular formula is C28H30N6O2. The minimum atomic E-state index is 0.0538. The summed E-state index contributed by atoms with van der Waals surface area (Å²) in [5.41, 5.74) is 6.38. The van der Waals surface area contributed by atoms with E-state index in [2.05, 4.69) is 68.1 Å². The van der Waals surface area contributed by atoms with Gasteiger partial charge in [0.25, 0.3) is 5.88 Å². The maximum atomic E-state index is 6.24. The highest BCUT2D eigenvalue weighted by molar-refractivity contribution is 5.85. The van der Waals surface area contributed by atoms with Crippen molar-refractivity contribution in [2.75, 3.05) is 18.0 Å². The molecule has 1 fully saturated rings. The van der Waals surface area contributed by atoms with Crippen molar-refractivity contribution in [1.82, 2.24) is 25.4 Å². The van der Waals surface area contributed by atoms with Gasteiger partial charge in [0.1, 0.15) is 12.4 Å². The van der Waals surface area contributed by atoms with Crippen molar-refractivity contribution in [1.29, 1.82) is 0 Å². The molecule has 5 rings (SSSR count). The van der Waals surface area contributed by atoms with E-state index < -0.39 is 0 Å². The van der Waals surface area contributed by atoms with Crippen LogP contribution in [0.3, 0.4) is 0 Å². The van der Waals surface area contributed by atoms with E-state index in [9.17, 15) is 0 Å². The molecule has 1 aliphatic rings. The number of anilines is 1. The minimum absolute atomic E-state index is 0.0538. The lowest BCUT2D eigenvalue weighted by Gasteiger charge is -2.32. The summed E-state index contributed by atoms with van der Waals surface area (Å²) < 4.78 is 6.24. The predicted octanol–water partition coefficient (Wildman–Crippen LogP) is 4.89. The Morgan fingerprint density at radius 2 is 1.72 bits per heavy atom. The third kappa shape index (κ3) is 5.22. The van der Waals surface area contributed by atoms with Gasteiger partial charge in [-0.2, -0.15) is 4.98 Å². The van der Waals surface area contributed by atoms with Crippen LogP contribution in [0.15, 0.2) is 67.8 Å². The van der Waals surface area contributed by atoms with Gasteiger partial charge in [0.05, 0.1) is 11.3 Å². The number of aryl methyl sites for hydroxylation is 1. The fourth-order valence-corrected chi connectivity index (χ4v) is 4.21. The largest absolute Gasteiger partial charge is 0.474 e. The average Bonchev–Trinajstić information content (AvgIpc) is 2.93. The smallest absolute Gasteiger partial charge is 0.255 e. The highest BCUT2D eigenvalue weighted by Crippen LogP contribution is 2.27. The van der Waals surface area contributed by atoms with Crippen molar-refractivity contribution in [3.63, 3.8) is 0 Å². The Hall–Kier alpha value is -4.20. The molecule has 8 heteroatoms. The van der Waals surface area contributed by atoms with E-state index in [0.29, 0.717) is 17.5 Å². The number of nitrogens with one attached hydrogen (secondary N) is 1. The second kappa shape index (κ2) is 10.6. The molecule has 0 radical (unpaired) electrons. The van der Waals surface area contributed by atoms with E-state index in [-0.39, 0.29) is 6.10 Å². The average molecular weight is 483 g/mol. The highest BCUT2D eigenvalue weighted by Gasteiger charge is 2.24. The lowest BCUT2D eigenvalue weighted by atomic mass is 10.1. The fourth-order valence-electron chi connectivity index (χ4n) is 4.21. The Kier molecular flexibility index (Phi) is 6.93. The number of ether oxygens (including phenoxy) is 1. The number of hydrogen-bond acceptors (Lipinski definition) is 8. The van der Waals surface area contributed by atoms with Crippen LogP contribution < -0.4 is 20.0 Å². The topological polar surface area (TPSA) is 85.3 Å². The molecule has 8 nitrogen and oxygen atoms in total. The molecule has 0 atom stereocenters. The molecule has 0 saturated carbocycles. The molecule has 0 unspecified atom stereocenters. The molecule has 36 heavy (non-hydrogen) atoms. The summed E-state index contributed by atoms with van der Waals surface area (Å²) in [7, 11) is 0. The molecule has 1 aliphatic heterocycles. The lowest BCUT2D eigenvalue weighted by molar-refractivity contribution is 0.159. The highest BCUT2D eigenvalue weighted by atomic mass is 16.7. The van der Waals surface area contributed by atoms with Gasteiger partial charge in [0, 0.05) is 43.9 Å². The van der Waals surface area contributed by atoms with Crippen LogP contribution in [0.25, 0.3) is 16.5 Å². The van der Waals surface area contributed by atoms with E-state index in [1.165, 1.54) is 11.7 Å². The van der Waals surface area contributed by atoms with Crippen molar-refractivity contribution in [3.8, 4) is 11.8 Å². The standard InChI is InChI=1S/C28H30N6O2/c1-4-21-16-29-28(30-17-21)34-13-11-25(12-14-34)35-26-19(2)27(32-18-31-26)36-33-20(3)23-10-9-22-7-5-6-8-24(22)15-23/h5-10,15-18,25,33H,3-4,11-14H2,1-2H3. The van der Waals surface area contributed by atoms with Crippen molar-refractivity contribution >= 4 is 22.4 Å². The van der Waals surface area contributed by atoms with Gasteiger partial charge in [-0.25, -0.2) is 20.4 Å². The van der Waals surface area contributed by atoms with E-state index in [0.717, 1.165) is 60.4 Å². The van der Waals surface area contributed by atoms with Crippen LogP contribution >= 0.6 is 0 Å². The third-order valence-electron chi connectivity index (χ3n) is 6.46. The molecule has 0 aliphatic carbocycles. The second-order valence-electron chi connectivity index (χ2n) is 8.90. The molecule has 3 heterocycles. The summed E-state index contributed by atoms with van der Waals surface area (Å²) in [6.07, 6.45) is 7.96. The quantitative estimate of drug-likeness (QED) is 0.355. The first-order valence-electron chi connectivity index (χ1n) is 12.3. The number of hydroxylamine groups is 1. The Balaban J connectivity index is 1.17. The Morgan fingerprint density at radius 1 is 1.00 bits per heavy atom. The van der Waals surface area contributed by atoms with E-state index in [1.807, 2.05) is 37.5 Å². The van der Waals surface area contributed by atoms with Crippen molar-refractivity contribution in [2.24, 2.45) is 0 Å². The summed E-state index contributed by atoms with van der Waals surface area (Å²) in [5.74, 6) is 1.71. The van der Waals surface area contributed by atoms with Gasteiger partial charge in [-0.1, -0.05) is 49.9 Å². The van der Waals surface area contributed by atoms with Crippen LogP contribution in [0.1, 0.15) is 36.5 Å². The number of piperidine rings is 1. The molecule has 0 amide bonds. The molecular weight excluding hydrogens is 452 g/mol. The minimum Gasteiger partial charge on any atom is -0.474 e. The molecule has 2 aromatic carbocycles. The van der Waals surface area contributed by atoms with E-state index in [1.54, 1.807) is 0 Å². The monoisotopic (exact) mass is 482 g/mol.